The van der Waals surface area contributed by atoms with Gasteiger partial charge in [-0.25, -0.2) is 0 Å². The van der Waals surface area contributed by atoms with Gasteiger partial charge in [-0.05, 0) is 32.4 Å². The highest BCUT2D eigenvalue weighted by atomic mass is 19.4. The molecule has 0 amide bonds. The second-order valence-corrected chi connectivity index (χ2v) is 5.38. The first-order valence-electron chi connectivity index (χ1n) is 6.27. The first-order valence-corrected chi connectivity index (χ1v) is 6.27. The third kappa shape index (κ3) is 5.25. The number of nitrogens with one attached hydrogen (secondary N) is 1. The van der Waals surface area contributed by atoms with Crippen LogP contribution in [0.1, 0.15) is 32.1 Å². The topological polar surface area (TPSA) is 15.3 Å². The average molecular weight is 252 g/mol. The van der Waals surface area contributed by atoms with Gasteiger partial charge in [-0.15, -0.1) is 0 Å². The molecule has 1 N–H and O–H groups in total. The summed E-state index contributed by atoms with van der Waals surface area (Å²) < 4.78 is 36.9. The third-order valence-electron chi connectivity index (χ3n) is 3.52. The van der Waals surface area contributed by atoms with Crippen molar-refractivity contribution in [2.75, 3.05) is 33.7 Å². The van der Waals surface area contributed by atoms with Gasteiger partial charge in [-0.3, -0.25) is 4.90 Å². The Morgan fingerprint density at radius 3 is 2.24 bits per heavy atom. The molecule has 2 nitrogen and oxygen atoms in total. The lowest BCUT2D eigenvalue weighted by Crippen LogP contribution is -2.45. The van der Waals surface area contributed by atoms with Crippen LogP contribution in [-0.4, -0.2) is 44.8 Å². The Kier molecular flexibility index (Phi) is 5.25. The highest BCUT2D eigenvalue weighted by Gasteiger charge is 2.36. The van der Waals surface area contributed by atoms with Gasteiger partial charge in [0, 0.05) is 13.1 Å². The second-order valence-electron chi connectivity index (χ2n) is 5.38. The van der Waals surface area contributed by atoms with Crippen LogP contribution in [0, 0.1) is 5.41 Å². The van der Waals surface area contributed by atoms with Gasteiger partial charge in [0.25, 0.3) is 0 Å². The van der Waals surface area contributed by atoms with Crippen molar-refractivity contribution in [2.45, 2.75) is 38.3 Å². The summed E-state index contributed by atoms with van der Waals surface area (Å²) in [7, 11) is 3.44. The lowest BCUT2D eigenvalue weighted by molar-refractivity contribution is -0.146. The minimum absolute atomic E-state index is 0.0347. The Balaban J connectivity index is 2.53. The zero-order valence-corrected chi connectivity index (χ0v) is 10.7. The van der Waals surface area contributed by atoms with Crippen molar-refractivity contribution in [1.82, 2.24) is 10.2 Å². The molecule has 0 aromatic carbocycles. The van der Waals surface area contributed by atoms with E-state index in [4.69, 9.17) is 0 Å². The molecule has 0 atom stereocenters. The molecule has 0 heterocycles. The van der Waals surface area contributed by atoms with Crippen LogP contribution >= 0.6 is 0 Å². The predicted octanol–water partition coefficient (Wildman–Crippen LogP) is 2.65. The monoisotopic (exact) mass is 252 g/mol. The Hall–Kier alpha value is -0.290. The molecule has 5 heteroatoms. The van der Waals surface area contributed by atoms with Crippen LogP contribution < -0.4 is 5.32 Å². The van der Waals surface area contributed by atoms with Crippen molar-refractivity contribution >= 4 is 0 Å². The molecule has 0 saturated heterocycles. The molecule has 1 rings (SSSR count). The summed E-state index contributed by atoms with van der Waals surface area (Å²) >= 11 is 0. The highest BCUT2D eigenvalue weighted by molar-refractivity contribution is 4.87. The Labute approximate surface area is 102 Å². The van der Waals surface area contributed by atoms with E-state index < -0.39 is 12.7 Å². The summed E-state index contributed by atoms with van der Waals surface area (Å²) in [6, 6.07) is 0. The molecule has 17 heavy (non-hydrogen) atoms. The normalized spacial score (nSPS) is 20.8. The van der Waals surface area contributed by atoms with Crippen molar-refractivity contribution in [2.24, 2.45) is 5.41 Å². The Bertz CT molecular complexity index is 217. The van der Waals surface area contributed by atoms with Crippen molar-refractivity contribution in [3.8, 4) is 0 Å². The first-order chi connectivity index (χ1) is 7.87. The van der Waals surface area contributed by atoms with E-state index in [9.17, 15) is 13.2 Å². The van der Waals surface area contributed by atoms with Gasteiger partial charge in [0.15, 0.2) is 0 Å². The van der Waals surface area contributed by atoms with E-state index in [0.29, 0.717) is 6.54 Å². The van der Waals surface area contributed by atoms with E-state index in [-0.39, 0.29) is 5.41 Å². The Morgan fingerprint density at radius 2 is 1.76 bits per heavy atom. The van der Waals surface area contributed by atoms with E-state index in [2.05, 4.69) is 5.32 Å². The van der Waals surface area contributed by atoms with Gasteiger partial charge < -0.3 is 5.32 Å². The Morgan fingerprint density at radius 1 is 1.18 bits per heavy atom. The van der Waals surface area contributed by atoms with Gasteiger partial charge in [-0.2, -0.15) is 13.2 Å². The van der Waals surface area contributed by atoms with Gasteiger partial charge in [0.2, 0.25) is 0 Å². The molecule has 1 saturated carbocycles. The zero-order chi connectivity index (χ0) is 12.9. The maximum Gasteiger partial charge on any atom is 0.401 e. The molecule has 1 aliphatic carbocycles. The minimum Gasteiger partial charge on any atom is -0.319 e. The summed E-state index contributed by atoms with van der Waals surface area (Å²) in [5.74, 6) is 0. The van der Waals surface area contributed by atoms with E-state index in [0.717, 1.165) is 32.2 Å². The molecule has 102 valence electrons. The molecular formula is C12H23F3N2. The van der Waals surface area contributed by atoms with Crippen molar-refractivity contribution < 1.29 is 13.2 Å². The smallest absolute Gasteiger partial charge is 0.319 e. The fourth-order valence-electron chi connectivity index (χ4n) is 3.00. The van der Waals surface area contributed by atoms with E-state index >= 15 is 0 Å². The third-order valence-corrected chi connectivity index (χ3v) is 3.52. The molecule has 0 unspecified atom stereocenters. The van der Waals surface area contributed by atoms with Crippen LogP contribution in [0.15, 0.2) is 0 Å². The maximum absolute atomic E-state index is 12.3. The fraction of sp³-hybridized carbons (Fsp3) is 1.00. The summed E-state index contributed by atoms with van der Waals surface area (Å²) in [5, 5.41) is 3.14. The maximum atomic E-state index is 12.3. The molecule has 0 aromatic heterocycles. The van der Waals surface area contributed by atoms with Gasteiger partial charge >= 0.3 is 6.18 Å². The molecule has 0 bridgehead atoms. The first kappa shape index (κ1) is 14.8. The number of hydrogen-bond donors (Lipinski definition) is 1. The van der Waals surface area contributed by atoms with Gasteiger partial charge in [0.05, 0.1) is 6.54 Å². The number of alkyl halides is 3. The highest BCUT2D eigenvalue weighted by Crippen LogP contribution is 2.36. The molecule has 0 spiro atoms. The molecule has 0 aliphatic heterocycles. The summed E-state index contributed by atoms with van der Waals surface area (Å²) in [5.41, 5.74) is 0.0347. The minimum atomic E-state index is -4.09. The molecule has 1 fully saturated rings. The van der Waals surface area contributed by atoms with E-state index in [1.807, 2.05) is 7.05 Å². The fourth-order valence-corrected chi connectivity index (χ4v) is 3.00. The van der Waals surface area contributed by atoms with Crippen molar-refractivity contribution in [1.29, 1.82) is 0 Å². The standard InChI is InChI=1S/C12H23F3N2/c1-16-8-11(6-4-3-5-7-11)9-17(2)10-12(13,14)15/h16H,3-10H2,1-2H3. The lowest BCUT2D eigenvalue weighted by atomic mass is 9.73. The largest absolute Gasteiger partial charge is 0.401 e. The van der Waals surface area contributed by atoms with Crippen LogP contribution in [0.25, 0.3) is 0 Å². The average Bonchev–Trinajstić information content (AvgIpc) is 2.15. The number of rotatable bonds is 5. The van der Waals surface area contributed by atoms with Crippen LogP contribution in [0.2, 0.25) is 0 Å². The second kappa shape index (κ2) is 6.05. The van der Waals surface area contributed by atoms with Crippen LogP contribution in [0.5, 0.6) is 0 Å². The molecular weight excluding hydrogens is 229 g/mol. The van der Waals surface area contributed by atoms with Crippen LogP contribution in [0.4, 0.5) is 13.2 Å². The molecule has 1 aliphatic rings. The van der Waals surface area contributed by atoms with Crippen molar-refractivity contribution in [3.05, 3.63) is 0 Å². The van der Waals surface area contributed by atoms with E-state index in [1.165, 1.54) is 11.3 Å². The summed E-state index contributed by atoms with van der Waals surface area (Å²) in [6.45, 7) is 0.543. The quantitative estimate of drug-likeness (QED) is 0.809. The van der Waals surface area contributed by atoms with Gasteiger partial charge in [0.1, 0.15) is 0 Å². The number of halogens is 3. The SMILES string of the molecule is CNCC1(CN(C)CC(F)(F)F)CCCCC1. The summed E-state index contributed by atoms with van der Waals surface area (Å²) in [4.78, 5) is 1.42. The summed E-state index contributed by atoms with van der Waals surface area (Å²) in [6.07, 6.45) is 1.48. The molecule has 0 aromatic rings. The van der Waals surface area contributed by atoms with Crippen LogP contribution in [-0.2, 0) is 0 Å². The lowest BCUT2D eigenvalue weighted by Gasteiger charge is -2.40. The molecule has 0 radical (unpaired) electrons. The zero-order valence-electron chi connectivity index (χ0n) is 10.7. The van der Waals surface area contributed by atoms with Gasteiger partial charge in [-0.1, -0.05) is 19.3 Å². The van der Waals surface area contributed by atoms with Crippen LogP contribution in [0.3, 0.4) is 0 Å². The predicted molar refractivity (Wildman–Crippen MR) is 63.0 cm³/mol. The van der Waals surface area contributed by atoms with Crippen molar-refractivity contribution in [3.63, 3.8) is 0 Å². The number of hydrogen-bond acceptors (Lipinski definition) is 2. The number of nitrogens with zero attached hydrogens (tertiary/aromatic N) is 1. The van der Waals surface area contributed by atoms with E-state index in [1.54, 1.807) is 7.05 Å².